The average molecular weight is 387 g/mol. The molecule has 0 aliphatic heterocycles. The standard InChI is InChI=1S/C24H25ClF2/c1-2-3-4-15-5-9-20-17(11-15)6-7-18-12-16(8-10-21(18)20)19-13-22(26)24(25)23(27)14-19/h3-4,6-7,13-16H,2,5,8-12H2,1H3. The highest BCUT2D eigenvalue weighted by Crippen LogP contribution is 2.39. The van der Waals surface area contributed by atoms with Crippen molar-refractivity contribution in [2.45, 2.75) is 57.8 Å². The van der Waals surface area contributed by atoms with Gasteiger partial charge in [0.05, 0.1) is 0 Å². The van der Waals surface area contributed by atoms with Crippen molar-refractivity contribution in [1.29, 1.82) is 0 Å². The van der Waals surface area contributed by atoms with Crippen molar-refractivity contribution in [2.75, 3.05) is 0 Å². The Bertz CT molecular complexity index is 861. The van der Waals surface area contributed by atoms with E-state index in [9.17, 15) is 8.78 Å². The molecule has 2 aromatic rings. The molecule has 0 spiro atoms. The van der Waals surface area contributed by atoms with Crippen LogP contribution >= 0.6 is 11.6 Å². The zero-order valence-corrected chi connectivity index (χ0v) is 16.5. The van der Waals surface area contributed by atoms with Crippen LogP contribution in [0.15, 0.2) is 36.4 Å². The van der Waals surface area contributed by atoms with Crippen molar-refractivity contribution in [3.8, 4) is 0 Å². The Morgan fingerprint density at radius 2 is 1.63 bits per heavy atom. The van der Waals surface area contributed by atoms with Crippen molar-refractivity contribution in [3.05, 3.63) is 80.9 Å². The fourth-order valence-corrected chi connectivity index (χ4v) is 4.89. The van der Waals surface area contributed by atoms with Crippen molar-refractivity contribution >= 4 is 11.6 Å². The number of hydrogen-bond acceptors (Lipinski definition) is 0. The summed E-state index contributed by atoms with van der Waals surface area (Å²) in [4.78, 5) is 0. The normalized spacial score (nSPS) is 21.9. The van der Waals surface area contributed by atoms with Gasteiger partial charge in [0, 0.05) is 0 Å². The summed E-state index contributed by atoms with van der Waals surface area (Å²) in [7, 11) is 0. The molecular weight excluding hydrogens is 362 g/mol. The Morgan fingerprint density at radius 1 is 1.00 bits per heavy atom. The summed E-state index contributed by atoms with van der Waals surface area (Å²) in [6.07, 6.45) is 12.0. The molecule has 0 fully saturated rings. The highest BCUT2D eigenvalue weighted by Gasteiger charge is 2.27. The van der Waals surface area contributed by atoms with Crippen molar-refractivity contribution in [1.82, 2.24) is 0 Å². The molecule has 2 unspecified atom stereocenters. The lowest BCUT2D eigenvalue weighted by Gasteiger charge is -2.31. The lowest BCUT2D eigenvalue weighted by molar-refractivity contribution is 0.528. The van der Waals surface area contributed by atoms with Crippen LogP contribution in [0.25, 0.3) is 0 Å². The SMILES string of the molecule is CCC=CC1CCc2c(ccc3c2CCC(c2cc(F)c(Cl)c(F)c2)C3)C1. The molecule has 2 aliphatic rings. The molecule has 0 saturated carbocycles. The van der Waals surface area contributed by atoms with Crippen LogP contribution in [0.1, 0.15) is 59.9 Å². The third-order valence-electron chi connectivity index (χ3n) is 6.20. The monoisotopic (exact) mass is 386 g/mol. The Hall–Kier alpha value is -1.67. The second-order valence-corrected chi connectivity index (χ2v) is 8.30. The molecule has 0 bridgehead atoms. The van der Waals surface area contributed by atoms with Gasteiger partial charge in [-0.25, -0.2) is 8.78 Å². The Labute approximate surface area is 165 Å². The first-order valence-corrected chi connectivity index (χ1v) is 10.4. The fourth-order valence-electron chi connectivity index (χ4n) is 4.78. The van der Waals surface area contributed by atoms with Gasteiger partial charge in [-0.05, 0) is 96.7 Å². The van der Waals surface area contributed by atoms with Gasteiger partial charge in [-0.15, -0.1) is 0 Å². The van der Waals surface area contributed by atoms with Gasteiger partial charge in [0.15, 0.2) is 0 Å². The molecule has 0 heterocycles. The summed E-state index contributed by atoms with van der Waals surface area (Å²) in [6.45, 7) is 2.18. The van der Waals surface area contributed by atoms with Gasteiger partial charge >= 0.3 is 0 Å². The van der Waals surface area contributed by atoms with Crippen LogP contribution < -0.4 is 0 Å². The summed E-state index contributed by atoms with van der Waals surface area (Å²) in [5.41, 5.74) is 6.61. The van der Waals surface area contributed by atoms with Crippen LogP contribution in [0, 0.1) is 17.6 Å². The van der Waals surface area contributed by atoms with Crippen LogP contribution in [0.4, 0.5) is 8.78 Å². The molecule has 2 aromatic carbocycles. The topological polar surface area (TPSA) is 0 Å². The van der Waals surface area contributed by atoms with Gasteiger partial charge in [0.25, 0.3) is 0 Å². The molecule has 0 radical (unpaired) electrons. The molecule has 3 heteroatoms. The summed E-state index contributed by atoms with van der Waals surface area (Å²) in [6, 6.07) is 7.34. The number of fused-ring (bicyclic) bond motifs is 3. The second kappa shape index (κ2) is 7.75. The van der Waals surface area contributed by atoms with Crippen LogP contribution in [0.2, 0.25) is 5.02 Å². The molecule has 0 amide bonds. The minimum Gasteiger partial charge on any atom is -0.205 e. The maximum Gasteiger partial charge on any atom is 0.145 e. The van der Waals surface area contributed by atoms with E-state index < -0.39 is 16.7 Å². The summed E-state index contributed by atoms with van der Waals surface area (Å²) >= 11 is 5.64. The first kappa shape index (κ1) is 18.7. The molecule has 4 rings (SSSR count). The Morgan fingerprint density at radius 3 is 2.30 bits per heavy atom. The summed E-state index contributed by atoms with van der Waals surface area (Å²) in [5, 5.41) is -0.407. The highest BCUT2D eigenvalue weighted by atomic mass is 35.5. The lowest BCUT2D eigenvalue weighted by atomic mass is 9.74. The van der Waals surface area contributed by atoms with Gasteiger partial charge in [-0.2, -0.15) is 0 Å². The molecular formula is C24H25ClF2. The maximum atomic E-state index is 13.9. The minimum atomic E-state index is -0.658. The van der Waals surface area contributed by atoms with E-state index in [1.807, 2.05) is 0 Å². The van der Waals surface area contributed by atoms with Crippen molar-refractivity contribution in [2.24, 2.45) is 5.92 Å². The molecule has 2 aliphatic carbocycles. The first-order chi connectivity index (χ1) is 13.1. The van der Waals surface area contributed by atoms with Crippen LogP contribution in [0.3, 0.4) is 0 Å². The number of hydrogen-bond donors (Lipinski definition) is 0. The molecule has 27 heavy (non-hydrogen) atoms. The third kappa shape index (κ3) is 3.69. The molecule has 0 N–H and O–H groups in total. The minimum absolute atomic E-state index is 0.153. The quantitative estimate of drug-likeness (QED) is 0.395. The molecule has 142 valence electrons. The van der Waals surface area contributed by atoms with E-state index in [-0.39, 0.29) is 5.92 Å². The predicted octanol–water partition coefficient (Wildman–Crippen LogP) is 6.96. The molecule has 0 saturated heterocycles. The maximum absolute atomic E-state index is 13.9. The molecule has 0 aromatic heterocycles. The van der Waals surface area contributed by atoms with Crippen molar-refractivity contribution < 1.29 is 8.78 Å². The number of rotatable bonds is 3. The van der Waals surface area contributed by atoms with E-state index >= 15 is 0 Å². The zero-order valence-electron chi connectivity index (χ0n) is 15.7. The van der Waals surface area contributed by atoms with Crippen LogP contribution in [-0.2, 0) is 25.7 Å². The lowest BCUT2D eigenvalue weighted by Crippen LogP contribution is -2.20. The van der Waals surface area contributed by atoms with Gasteiger partial charge < -0.3 is 0 Å². The summed E-state index contributed by atoms with van der Waals surface area (Å²) < 4.78 is 27.7. The van der Waals surface area contributed by atoms with E-state index in [0.29, 0.717) is 5.92 Å². The zero-order chi connectivity index (χ0) is 19.0. The van der Waals surface area contributed by atoms with Gasteiger partial charge in [0.1, 0.15) is 16.7 Å². The van der Waals surface area contributed by atoms with E-state index in [4.69, 9.17) is 11.6 Å². The number of allylic oxidation sites excluding steroid dienone is 2. The molecule has 0 nitrogen and oxygen atoms in total. The van der Waals surface area contributed by atoms with E-state index in [0.717, 1.165) is 44.1 Å². The molecule has 2 atom stereocenters. The average Bonchev–Trinajstić information content (AvgIpc) is 2.69. The second-order valence-electron chi connectivity index (χ2n) is 7.92. The Kier molecular flexibility index (Phi) is 5.36. The predicted molar refractivity (Wildman–Crippen MR) is 108 cm³/mol. The van der Waals surface area contributed by atoms with Gasteiger partial charge in [0.2, 0.25) is 0 Å². The van der Waals surface area contributed by atoms with Crippen LogP contribution in [0.5, 0.6) is 0 Å². The van der Waals surface area contributed by atoms with Gasteiger partial charge in [-0.3, -0.25) is 0 Å². The third-order valence-corrected chi connectivity index (χ3v) is 6.56. The van der Waals surface area contributed by atoms with E-state index in [1.54, 1.807) is 5.56 Å². The Balaban J connectivity index is 1.58. The smallest absolute Gasteiger partial charge is 0.145 e. The fraction of sp³-hybridized carbons (Fsp3) is 0.417. The van der Waals surface area contributed by atoms with E-state index in [2.05, 4.69) is 31.2 Å². The van der Waals surface area contributed by atoms with Gasteiger partial charge in [-0.1, -0.05) is 42.8 Å². The van der Waals surface area contributed by atoms with E-state index in [1.165, 1.54) is 35.2 Å². The number of benzene rings is 2. The van der Waals surface area contributed by atoms with Crippen molar-refractivity contribution in [3.63, 3.8) is 0 Å². The summed E-state index contributed by atoms with van der Waals surface area (Å²) in [5.74, 6) is -0.504. The van der Waals surface area contributed by atoms with Crippen LogP contribution in [-0.4, -0.2) is 0 Å². The number of halogens is 3. The largest absolute Gasteiger partial charge is 0.205 e. The first-order valence-electron chi connectivity index (χ1n) is 10.0. The highest BCUT2D eigenvalue weighted by molar-refractivity contribution is 6.30.